The minimum atomic E-state index is 0.579. The minimum absolute atomic E-state index is 0.579. The fourth-order valence-corrected chi connectivity index (χ4v) is 2.89. The zero-order valence-electron chi connectivity index (χ0n) is 12.8. The Morgan fingerprint density at radius 1 is 1.25 bits per heavy atom. The van der Waals surface area contributed by atoms with E-state index in [1.165, 1.54) is 5.69 Å². The summed E-state index contributed by atoms with van der Waals surface area (Å²) in [4.78, 5) is 7.08. The van der Waals surface area contributed by atoms with Gasteiger partial charge < -0.3 is 4.57 Å². The molecule has 0 amide bonds. The van der Waals surface area contributed by atoms with Crippen molar-refractivity contribution in [2.45, 2.75) is 46.3 Å². The number of imidazole rings is 1. The second-order valence-electron chi connectivity index (χ2n) is 5.98. The quantitative estimate of drug-likeness (QED) is 0.842. The first-order chi connectivity index (χ1) is 9.54. The summed E-state index contributed by atoms with van der Waals surface area (Å²) in [5, 5.41) is 4.76. The van der Waals surface area contributed by atoms with Gasteiger partial charge in [-0.25, -0.2) is 4.98 Å². The zero-order chi connectivity index (χ0) is 14.3. The van der Waals surface area contributed by atoms with Gasteiger partial charge in [0.2, 0.25) is 0 Å². The van der Waals surface area contributed by atoms with E-state index in [4.69, 9.17) is 5.10 Å². The Labute approximate surface area is 120 Å². The van der Waals surface area contributed by atoms with Gasteiger partial charge in [0.15, 0.2) is 5.82 Å². The molecule has 0 bridgehead atoms. The van der Waals surface area contributed by atoms with Crippen molar-refractivity contribution < 1.29 is 0 Å². The maximum Gasteiger partial charge on any atom is 0.160 e. The molecule has 0 fully saturated rings. The summed E-state index contributed by atoms with van der Waals surface area (Å²) in [7, 11) is 2.03. The third-order valence-corrected chi connectivity index (χ3v) is 4.00. The summed E-state index contributed by atoms with van der Waals surface area (Å²) in [6, 6.07) is 2.78. The van der Waals surface area contributed by atoms with E-state index >= 15 is 0 Å². The molecule has 0 unspecified atom stereocenters. The van der Waals surface area contributed by atoms with Crippen LogP contribution in [0.2, 0.25) is 0 Å². The second kappa shape index (κ2) is 5.05. The highest BCUT2D eigenvalue weighted by atomic mass is 15.3. The highest BCUT2D eigenvalue weighted by molar-refractivity contribution is 5.51. The first-order valence-corrected chi connectivity index (χ1v) is 7.35. The fourth-order valence-electron chi connectivity index (χ4n) is 2.89. The molecule has 20 heavy (non-hydrogen) atoms. The second-order valence-corrected chi connectivity index (χ2v) is 5.98. The van der Waals surface area contributed by atoms with E-state index in [9.17, 15) is 0 Å². The first-order valence-electron chi connectivity index (χ1n) is 7.35. The average Bonchev–Trinajstić information content (AvgIpc) is 2.85. The number of nitrogens with zero attached hydrogens (tertiary/aromatic N) is 5. The lowest BCUT2D eigenvalue weighted by atomic mass is 10.2. The van der Waals surface area contributed by atoms with E-state index in [0.717, 1.165) is 43.3 Å². The third-order valence-electron chi connectivity index (χ3n) is 4.00. The van der Waals surface area contributed by atoms with Gasteiger partial charge in [-0.2, -0.15) is 5.10 Å². The van der Waals surface area contributed by atoms with Gasteiger partial charge in [-0.3, -0.25) is 9.58 Å². The van der Waals surface area contributed by atoms with Crippen molar-refractivity contribution in [1.82, 2.24) is 24.2 Å². The smallest absolute Gasteiger partial charge is 0.160 e. The van der Waals surface area contributed by atoms with E-state index in [1.807, 2.05) is 20.2 Å². The summed E-state index contributed by atoms with van der Waals surface area (Å²) < 4.78 is 4.21. The Morgan fingerprint density at radius 2 is 2.05 bits per heavy atom. The van der Waals surface area contributed by atoms with Crippen LogP contribution in [0.25, 0.3) is 11.5 Å². The fraction of sp³-hybridized carbons (Fsp3) is 0.600. The molecule has 0 spiro atoms. The average molecular weight is 273 g/mol. The molecule has 0 saturated heterocycles. The minimum Gasteiger partial charge on any atom is -0.332 e. The van der Waals surface area contributed by atoms with Gasteiger partial charge in [-0.15, -0.1) is 0 Å². The number of aromatic nitrogens is 4. The van der Waals surface area contributed by atoms with Crippen molar-refractivity contribution in [3.63, 3.8) is 0 Å². The molecule has 3 rings (SSSR count). The maximum absolute atomic E-state index is 4.76. The van der Waals surface area contributed by atoms with Crippen LogP contribution in [0.1, 0.15) is 31.7 Å². The molecule has 0 radical (unpaired) electrons. The SMILES string of the molecule is Cc1cn(C)c(-c2cc3n(n2)CCCN(C(C)C)C3)n1. The Bertz CT molecular complexity index is 608. The molecule has 2 aromatic heterocycles. The normalized spacial score (nSPS) is 16.4. The van der Waals surface area contributed by atoms with Gasteiger partial charge in [-0.05, 0) is 33.3 Å². The van der Waals surface area contributed by atoms with E-state index in [-0.39, 0.29) is 0 Å². The standard InChI is InChI=1S/C15H23N5/c1-11(2)19-6-5-7-20-13(10-19)8-14(17-20)15-16-12(3)9-18(15)4/h8-9,11H,5-7,10H2,1-4H3. The van der Waals surface area contributed by atoms with Crippen LogP contribution >= 0.6 is 0 Å². The molecule has 0 saturated carbocycles. The van der Waals surface area contributed by atoms with Crippen LogP contribution in [-0.2, 0) is 20.1 Å². The molecule has 108 valence electrons. The highest BCUT2D eigenvalue weighted by Crippen LogP contribution is 2.22. The summed E-state index contributed by atoms with van der Waals surface area (Å²) in [5.74, 6) is 0.958. The zero-order valence-corrected chi connectivity index (χ0v) is 12.8. The van der Waals surface area contributed by atoms with Crippen molar-refractivity contribution in [3.8, 4) is 11.5 Å². The first kappa shape index (κ1) is 13.4. The summed E-state index contributed by atoms with van der Waals surface area (Å²) in [6.45, 7) is 9.67. The van der Waals surface area contributed by atoms with Crippen LogP contribution in [0.5, 0.6) is 0 Å². The van der Waals surface area contributed by atoms with Gasteiger partial charge in [0.1, 0.15) is 5.69 Å². The molecular formula is C15H23N5. The van der Waals surface area contributed by atoms with Gasteiger partial charge in [-0.1, -0.05) is 0 Å². The molecule has 0 aromatic carbocycles. The molecule has 0 atom stereocenters. The van der Waals surface area contributed by atoms with Crippen molar-refractivity contribution in [2.24, 2.45) is 7.05 Å². The van der Waals surface area contributed by atoms with E-state index < -0.39 is 0 Å². The molecule has 1 aliphatic rings. The van der Waals surface area contributed by atoms with Gasteiger partial charge in [0.25, 0.3) is 0 Å². The van der Waals surface area contributed by atoms with Gasteiger partial charge in [0.05, 0.1) is 11.4 Å². The van der Waals surface area contributed by atoms with Crippen LogP contribution < -0.4 is 0 Å². The number of hydrogen-bond acceptors (Lipinski definition) is 3. The number of aryl methyl sites for hydroxylation is 3. The van der Waals surface area contributed by atoms with Crippen molar-refractivity contribution in [3.05, 3.63) is 23.7 Å². The summed E-state index contributed by atoms with van der Waals surface area (Å²) in [5.41, 5.74) is 3.32. The largest absolute Gasteiger partial charge is 0.332 e. The van der Waals surface area contributed by atoms with Crippen LogP contribution in [0.4, 0.5) is 0 Å². The molecule has 1 aliphatic heterocycles. The Hall–Kier alpha value is -1.62. The molecular weight excluding hydrogens is 250 g/mol. The predicted molar refractivity (Wildman–Crippen MR) is 79.3 cm³/mol. The van der Waals surface area contributed by atoms with E-state index in [1.54, 1.807) is 0 Å². The highest BCUT2D eigenvalue weighted by Gasteiger charge is 2.20. The monoisotopic (exact) mass is 273 g/mol. The Morgan fingerprint density at radius 3 is 2.70 bits per heavy atom. The molecule has 2 aromatic rings. The summed E-state index contributed by atoms with van der Waals surface area (Å²) in [6.07, 6.45) is 3.20. The van der Waals surface area contributed by atoms with Crippen LogP contribution in [0.3, 0.4) is 0 Å². The van der Waals surface area contributed by atoms with Crippen LogP contribution in [0, 0.1) is 6.92 Å². The molecule has 0 N–H and O–H groups in total. The lowest BCUT2D eigenvalue weighted by Crippen LogP contribution is -2.30. The van der Waals surface area contributed by atoms with Crippen molar-refractivity contribution in [1.29, 1.82) is 0 Å². The Kier molecular flexibility index (Phi) is 3.38. The maximum atomic E-state index is 4.76. The van der Waals surface area contributed by atoms with Crippen molar-refractivity contribution >= 4 is 0 Å². The third kappa shape index (κ3) is 2.38. The molecule has 5 nitrogen and oxygen atoms in total. The molecule has 0 aliphatic carbocycles. The number of hydrogen-bond donors (Lipinski definition) is 0. The van der Waals surface area contributed by atoms with E-state index in [0.29, 0.717) is 6.04 Å². The topological polar surface area (TPSA) is 38.9 Å². The van der Waals surface area contributed by atoms with Crippen molar-refractivity contribution in [2.75, 3.05) is 6.54 Å². The number of fused-ring (bicyclic) bond motifs is 1. The lowest BCUT2D eigenvalue weighted by molar-refractivity contribution is 0.216. The van der Waals surface area contributed by atoms with Gasteiger partial charge >= 0.3 is 0 Å². The predicted octanol–water partition coefficient (Wildman–Crippen LogP) is 2.21. The molecule has 5 heteroatoms. The van der Waals surface area contributed by atoms with Crippen LogP contribution in [-0.4, -0.2) is 36.8 Å². The molecule has 3 heterocycles. The Balaban J connectivity index is 1.94. The lowest BCUT2D eigenvalue weighted by Gasteiger charge is -2.23. The van der Waals surface area contributed by atoms with E-state index in [2.05, 4.69) is 39.0 Å². The van der Waals surface area contributed by atoms with Gasteiger partial charge in [0, 0.05) is 38.9 Å². The van der Waals surface area contributed by atoms with Crippen LogP contribution in [0.15, 0.2) is 12.3 Å². The summed E-state index contributed by atoms with van der Waals surface area (Å²) >= 11 is 0. The number of rotatable bonds is 2.